The number of fused-ring (bicyclic) bond motifs is 1. The third-order valence-corrected chi connectivity index (χ3v) is 4.62. The van der Waals surface area contributed by atoms with Crippen LogP contribution in [0, 0.1) is 6.92 Å². The van der Waals surface area contributed by atoms with Crippen LogP contribution in [-0.4, -0.2) is 31.7 Å². The molecule has 140 valence electrons. The van der Waals surface area contributed by atoms with E-state index in [0.717, 1.165) is 16.5 Å². The van der Waals surface area contributed by atoms with Crippen LogP contribution in [0.2, 0.25) is 0 Å². The topological polar surface area (TPSA) is 49.7 Å². The Balaban J connectivity index is 1.99. The van der Waals surface area contributed by atoms with Crippen LogP contribution in [0.1, 0.15) is 21.5 Å². The molecule has 0 unspecified atom stereocenters. The maximum absolute atomic E-state index is 12.7. The van der Waals surface area contributed by atoms with E-state index in [1.54, 1.807) is 18.2 Å². The molecule has 0 spiro atoms. The highest BCUT2D eigenvalue weighted by atomic mass is 16.5. The first kappa shape index (κ1) is 18.6. The third kappa shape index (κ3) is 3.40. The Labute approximate surface area is 158 Å². The number of aromatic nitrogens is 1. The summed E-state index contributed by atoms with van der Waals surface area (Å²) in [4.78, 5) is 12.7. The van der Waals surface area contributed by atoms with Crippen LogP contribution in [0.4, 0.5) is 0 Å². The predicted molar refractivity (Wildman–Crippen MR) is 107 cm³/mol. The Morgan fingerprint density at radius 1 is 1.04 bits per heavy atom. The molecule has 0 N–H and O–H groups in total. The Kier molecular flexibility index (Phi) is 5.21. The first-order chi connectivity index (χ1) is 13.0. The van der Waals surface area contributed by atoms with Gasteiger partial charge in [0.05, 0.1) is 21.3 Å². The van der Waals surface area contributed by atoms with Gasteiger partial charge in [-0.05, 0) is 42.8 Å². The summed E-state index contributed by atoms with van der Waals surface area (Å²) in [5.41, 5.74) is 3.78. The molecule has 0 radical (unpaired) electrons. The van der Waals surface area contributed by atoms with Crippen LogP contribution in [0.5, 0.6) is 17.2 Å². The standard InChI is InChI=1S/C22H23NO4/c1-14-7-6-8-17-21(14)15(13-23(17)2)9-10-18(24)16-11-19(25-3)22(27-5)20(12-16)26-4/h6-13H,1-5H3/b10-9+. The average molecular weight is 365 g/mol. The first-order valence-electron chi connectivity index (χ1n) is 8.57. The van der Waals surface area contributed by atoms with Crippen molar-refractivity contribution in [2.24, 2.45) is 7.05 Å². The van der Waals surface area contributed by atoms with Crippen LogP contribution >= 0.6 is 0 Å². The molecule has 0 aliphatic carbocycles. The van der Waals surface area contributed by atoms with Crippen molar-refractivity contribution in [3.63, 3.8) is 0 Å². The van der Waals surface area contributed by atoms with E-state index in [-0.39, 0.29) is 5.78 Å². The van der Waals surface area contributed by atoms with Crippen molar-refractivity contribution >= 4 is 22.8 Å². The number of ether oxygens (including phenoxy) is 3. The number of methoxy groups -OCH3 is 3. The maximum Gasteiger partial charge on any atom is 0.203 e. The number of aryl methyl sites for hydroxylation is 2. The van der Waals surface area contributed by atoms with E-state index >= 15 is 0 Å². The van der Waals surface area contributed by atoms with Gasteiger partial charge in [0.25, 0.3) is 0 Å². The summed E-state index contributed by atoms with van der Waals surface area (Å²) in [5.74, 6) is 1.23. The molecular weight excluding hydrogens is 342 g/mol. The molecule has 5 heteroatoms. The minimum atomic E-state index is -0.139. The van der Waals surface area contributed by atoms with Gasteiger partial charge in [-0.3, -0.25) is 4.79 Å². The van der Waals surface area contributed by atoms with Crippen molar-refractivity contribution in [1.29, 1.82) is 0 Å². The molecule has 27 heavy (non-hydrogen) atoms. The molecule has 0 amide bonds. The highest BCUT2D eigenvalue weighted by Crippen LogP contribution is 2.38. The largest absolute Gasteiger partial charge is 0.493 e. The van der Waals surface area contributed by atoms with E-state index in [0.29, 0.717) is 22.8 Å². The van der Waals surface area contributed by atoms with E-state index in [9.17, 15) is 4.79 Å². The van der Waals surface area contributed by atoms with Crippen molar-refractivity contribution in [3.8, 4) is 17.2 Å². The molecule has 0 fully saturated rings. The lowest BCUT2D eigenvalue weighted by molar-refractivity contribution is 0.104. The highest BCUT2D eigenvalue weighted by Gasteiger charge is 2.16. The molecule has 5 nitrogen and oxygen atoms in total. The Bertz CT molecular complexity index is 1010. The Morgan fingerprint density at radius 2 is 1.70 bits per heavy atom. The van der Waals surface area contributed by atoms with Crippen LogP contribution in [0.25, 0.3) is 17.0 Å². The van der Waals surface area contributed by atoms with E-state index in [1.165, 1.54) is 26.9 Å². The number of hydrogen-bond acceptors (Lipinski definition) is 4. The molecule has 0 saturated heterocycles. The minimum Gasteiger partial charge on any atom is -0.493 e. The monoisotopic (exact) mass is 365 g/mol. The van der Waals surface area contributed by atoms with Gasteiger partial charge >= 0.3 is 0 Å². The minimum absolute atomic E-state index is 0.139. The van der Waals surface area contributed by atoms with Gasteiger partial charge in [-0.15, -0.1) is 0 Å². The second kappa shape index (κ2) is 7.58. The van der Waals surface area contributed by atoms with Crippen molar-refractivity contribution in [2.75, 3.05) is 21.3 Å². The van der Waals surface area contributed by atoms with Crippen LogP contribution in [0.15, 0.2) is 42.6 Å². The molecule has 0 aliphatic rings. The van der Waals surface area contributed by atoms with E-state index < -0.39 is 0 Å². The Morgan fingerprint density at radius 3 is 2.30 bits per heavy atom. The first-order valence-corrected chi connectivity index (χ1v) is 8.57. The van der Waals surface area contributed by atoms with Crippen molar-refractivity contribution in [2.45, 2.75) is 6.92 Å². The number of benzene rings is 2. The second-order valence-electron chi connectivity index (χ2n) is 6.28. The van der Waals surface area contributed by atoms with Crippen molar-refractivity contribution < 1.29 is 19.0 Å². The molecule has 0 atom stereocenters. The normalized spacial score (nSPS) is 11.1. The molecule has 2 aromatic carbocycles. The van der Waals surface area contributed by atoms with Crippen molar-refractivity contribution in [3.05, 3.63) is 59.3 Å². The van der Waals surface area contributed by atoms with Gasteiger partial charge < -0.3 is 18.8 Å². The van der Waals surface area contributed by atoms with Gasteiger partial charge in [-0.1, -0.05) is 12.1 Å². The fourth-order valence-electron chi connectivity index (χ4n) is 3.28. The zero-order valence-electron chi connectivity index (χ0n) is 16.2. The Hall–Kier alpha value is -3.21. The molecule has 0 saturated carbocycles. The quantitative estimate of drug-likeness (QED) is 0.480. The number of rotatable bonds is 6. The van der Waals surface area contributed by atoms with Crippen LogP contribution < -0.4 is 14.2 Å². The van der Waals surface area contributed by atoms with Gasteiger partial charge in [0.2, 0.25) is 5.75 Å². The summed E-state index contributed by atoms with van der Waals surface area (Å²) in [6.45, 7) is 2.07. The second-order valence-corrected chi connectivity index (χ2v) is 6.28. The summed E-state index contributed by atoms with van der Waals surface area (Å²) >= 11 is 0. The fourth-order valence-corrected chi connectivity index (χ4v) is 3.28. The number of nitrogens with zero attached hydrogens (tertiary/aromatic N) is 1. The summed E-state index contributed by atoms with van der Waals surface area (Å²) in [6.07, 6.45) is 5.44. The molecule has 1 heterocycles. The molecule has 3 rings (SSSR count). The molecule has 1 aromatic heterocycles. The number of carbonyl (C=O) groups is 1. The van der Waals surface area contributed by atoms with Gasteiger partial charge in [0.15, 0.2) is 17.3 Å². The van der Waals surface area contributed by atoms with Gasteiger partial charge in [0.1, 0.15) is 0 Å². The highest BCUT2D eigenvalue weighted by molar-refractivity contribution is 6.08. The summed E-state index contributed by atoms with van der Waals surface area (Å²) in [6, 6.07) is 9.48. The lowest BCUT2D eigenvalue weighted by atomic mass is 10.0. The molecular formula is C22H23NO4. The van der Waals surface area contributed by atoms with Crippen LogP contribution in [0.3, 0.4) is 0 Å². The summed E-state index contributed by atoms with van der Waals surface area (Å²) in [7, 11) is 6.59. The average Bonchev–Trinajstić information content (AvgIpc) is 3.01. The summed E-state index contributed by atoms with van der Waals surface area (Å²) in [5, 5.41) is 1.15. The molecule has 3 aromatic rings. The lowest BCUT2D eigenvalue weighted by Gasteiger charge is -2.13. The van der Waals surface area contributed by atoms with E-state index in [2.05, 4.69) is 23.6 Å². The zero-order chi connectivity index (χ0) is 19.6. The SMILES string of the molecule is COc1cc(C(=O)/C=C/c2cn(C)c3cccc(C)c23)cc(OC)c1OC. The van der Waals surface area contributed by atoms with Crippen LogP contribution in [-0.2, 0) is 7.05 Å². The van der Waals surface area contributed by atoms with Gasteiger partial charge in [0, 0.05) is 35.3 Å². The predicted octanol–water partition coefficient (Wildman–Crippen LogP) is 4.41. The number of carbonyl (C=O) groups excluding carboxylic acids is 1. The van der Waals surface area contributed by atoms with Gasteiger partial charge in [-0.2, -0.15) is 0 Å². The number of hydrogen-bond donors (Lipinski definition) is 0. The van der Waals surface area contributed by atoms with Crippen molar-refractivity contribution in [1.82, 2.24) is 4.57 Å². The molecule has 0 bridgehead atoms. The molecule has 0 aliphatic heterocycles. The third-order valence-electron chi connectivity index (χ3n) is 4.62. The van der Waals surface area contributed by atoms with E-state index in [1.807, 2.05) is 25.4 Å². The van der Waals surface area contributed by atoms with E-state index in [4.69, 9.17) is 14.2 Å². The number of allylic oxidation sites excluding steroid dienone is 1. The smallest absolute Gasteiger partial charge is 0.203 e. The fraction of sp³-hybridized carbons (Fsp3) is 0.227. The maximum atomic E-state index is 12.7. The lowest BCUT2D eigenvalue weighted by Crippen LogP contribution is -2.00. The number of ketones is 1. The van der Waals surface area contributed by atoms with Gasteiger partial charge in [-0.25, -0.2) is 0 Å². The summed E-state index contributed by atoms with van der Waals surface area (Å²) < 4.78 is 18.0. The zero-order valence-corrected chi connectivity index (χ0v) is 16.2.